The third-order valence-corrected chi connectivity index (χ3v) is 4.00. The van der Waals surface area contributed by atoms with E-state index in [0.29, 0.717) is 12.0 Å². The van der Waals surface area contributed by atoms with E-state index in [4.69, 9.17) is 0 Å². The number of nitrogens with one attached hydrogen (secondary N) is 1. The van der Waals surface area contributed by atoms with E-state index >= 15 is 0 Å². The normalized spacial score (nSPS) is 15.0. The predicted octanol–water partition coefficient (Wildman–Crippen LogP) is 4.52. The molecule has 2 atom stereocenters. The van der Waals surface area contributed by atoms with Crippen LogP contribution in [0, 0.1) is 5.92 Å². The van der Waals surface area contributed by atoms with Crippen LogP contribution in [-0.2, 0) is 0 Å². The van der Waals surface area contributed by atoms with Crippen LogP contribution in [0.3, 0.4) is 0 Å². The van der Waals surface area contributed by atoms with Crippen molar-refractivity contribution in [3.63, 3.8) is 0 Å². The molecule has 1 rings (SSSR count). The molecule has 0 bridgehead atoms. The van der Waals surface area contributed by atoms with Gasteiger partial charge in [-0.15, -0.1) is 0 Å². The third-order valence-electron chi connectivity index (χ3n) is 2.82. The standard InChI is InChI=1S/C12H17Br2N/c1-4-8(2)12(15-3)10-6-5-9(13)7-11(10)14/h5-8,12,15H,4H2,1-3H3. The Hall–Kier alpha value is 0.140. The molecule has 0 saturated heterocycles. The van der Waals surface area contributed by atoms with Gasteiger partial charge in [-0.25, -0.2) is 0 Å². The van der Waals surface area contributed by atoms with Crippen LogP contribution >= 0.6 is 31.9 Å². The first-order chi connectivity index (χ1) is 7.10. The molecule has 0 saturated carbocycles. The fraction of sp³-hybridized carbons (Fsp3) is 0.500. The van der Waals surface area contributed by atoms with Gasteiger partial charge >= 0.3 is 0 Å². The van der Waals surface area contributed by atoms with Crippen LogP contribution in [0.2, 0.25) is 0 Å². The van der Waals surface area contributed by atoms with Crippen LogP contribution in [0.15, 0.2) is 27.1 Å². The molecule has 0 radical (unpaired) electrons. The molecule has 0 aromatic heterocycles. The van der Waals surface area contributed by atoms with Gasteiger partial charge in [0.05, 0.1) is 0 Å². The molecule has 1 aromatic rings. The highest BCUT2D eigenvalue weighted by Gasteiger charge is 2.18. The van der Waals surface area contributed by atoms with E-state index in [0.717, 1.165) is 8.95 Å². The van der Waals surface area contributed by atoms with Crippen LogP contribution in [0.1, 0.15) is 31.9 Å². The first-order valence-electron chi connectivity index (χ1n) is 5.22. The van der Waals surface area contributed by atoms with E-state index in [2.05, 4.69) is 69.2 Å². The first-order valence-corrected chi connectivity index (χ1v) is 6.81. The lowest BCUT2D eigenvalue weighted by Gasteiger charge is -2.24. The van der Waals surface area contributed by atoms with Gasteiger partial charge in [0.1, 0.15) is 0 Å². The molecule has 0 aliphatic heterocycles. The molecule has 3 heteroatoms. The Morgan fingerprint density at radius 1 is 1.33 bits per heavy atom. The van der Waals surface area contributed by atoms with Crippen molar-refractivity contribution in [2.45, 2.75) is 26.3 Å². The summed E-state index contributed by atoms with van der Waals surface area (Å²) in [5.41, 5.74) is 1.33. The number of hydrogen-bond donors (Lipinski definition) is 1. The van der Waals surface area contributed by atoms with Crippen molar-refractivity contribution >= 4 is 31.9 Å². The van der Waals surface area contributed by atoms with Gasteiger partial charge in [-0.2, -0.15) is 0 Å². The van der Waals surface area contributed by atoms with Gasteiger partial charge in [0.25, 0.3) is 0 Å². The summed E-state index contributed by atoms with van der Waals surface area (Å²) in [6, 6.07) is 6.77. The van der Waals surface area contributed by atoms with E-state index in [1.807, 2.05) is 7.05 Å². The van der Waals surface area contributed by atoms with E-state index in [1.54, 1.807) is 0 Å². The Morgan fingerprint density at radius 2 is 2.00 bits per heavy atom. The van der Waals surface area contributed by atoms with Gasteiger partial charge in [-0.1, -0.05) is 58.2 Å². The Morgan fingerprint density at radius 3 is 2.47 bits per heavy atom. The Bertz CT molecular complexity index is 325. The lowest BCUT2D eigenvalue weighted by atomic mass is 9.93. The van der Waals surface area contributed by atoms with Crippen LogP contribution in [0.4, 0.5) is 0 Å². The highest BCUT2D eigenvalue weighted by atomic mass is 79.9. The van der Waals surface area contributed by atoms with E-state index < -0.39 is 0 Å². The van der Waals surface area contributed by atoms with Crippen molar-refractivity contribution in [2.24, 2.45) is 5.92 Å². The van der Waals surface area contributed by atoms with Crippen LogP contribution in [0.5, 0.6) is 0 Å². The molecular weight excluding hydrogens is 318 g/mol. The molecule has 0 aliphatic rings. The summed E-state index contributed by atoms with van der Waals surface area (Å²) in [7, 11) is 2.02. The van der Waals surface area contributed by atoms with Crippen molar-refractivity contribution in [3.05, 3.63) is 32.7 Å². The molecule has 0 fully saturated rings. The molecular formula is C12H17Br2N. The Labute approximate surface area is 109 Å². The van der Waals surface area contributed by atoms with Gasteiger partial charge in [0, 0.05) is 15.0 Å². The summed E-state index contributed by atoms with van der Waals surface area (Å²) in [6.07, 6.45) is 1.17. The van der Waals surface area contributed by atoms with Crippen LogP contribution in [-0.4, -0.2) is 7.05 Å². The zero-order chi connectivity index (χ0) is 11.4. The maximum atomic E-state index is 3.62. The molecule has 1 N–H and O–H groups in total. The van der Waals surface area contributed by atoms with E-state index in [9.17, 15) is 0 Å². The second-order valence-electron chi connectivity index (χ2n) is 3.82. The minimum Gasteiger partial charge on any atom is -0.313 e. The molecule has 0 spiro atoms. The first kappa shape index (κ1) is 13.2. The second-order valence-corrected chi connectivity index (χ2v) is 5.59. The number of hydrogen-bond acceptors (Lipinski definition) is 1. The van der Waals surface area contributed by atoms with Crippen molar-refractivity contribution in [1.29, 1.82) is 0 Å². The van der Waals surface area contributed by atoms with Crippen molar-refractivity contribution in [3.8, 4) is 0 Å². The molecule has 2 unspecified atom stereocenters. The van der Waals surface area contributed by atoms with Gasteiger partial charge in [0.2, 0.25) is 0 Å². The van der Waals surface area contributed by atoms with Gasteiger partial charge < -0.3 is 5.32 Å². The number of benzene rings is 1. The minimum atomic E-state index is 0.414. The minimum absolute atomic E-state index is 0.414. The summed E-state index contributed by atoms with van der Waals surface area (Å²) in [6.45, 7) is 4.50. The molecule has 0 aliphatic carbocycles. The quantitative estimate of drug-likeness (QED) is 0.853. The van der Waals surface area contributed by atoms with E-state index in [-0.39, 0.29) is 0 Å². The van der Waals surface area contributed by atoms with Crippen molar-refractivity contribution in [1.82, 2.24) is 5.32 Å². The maximum Gasteiger partial charge on any atom is 0.0354 e. The summed E-state index contributed by atoms with van der Waals surface area (Å²) in [5, 5.41) is 3.38. The summed E-state index contributed by atoms with van der Waals surface area (Å²) < 4.78 is 2.27. The summed E-state index contributed by atoms with van der Waals surface area (Å²) in [4.78, 5) is 0. The third kappa shape index (κ3) is 3.30. The zero-order valence-corrected chi connectivity index (χ0v) is 12.5. The van der Waals surface area contributed by atoms with Crippen molar-refractivity contribution in [2.75, 3.05) is 7.05 Å². The Kier molecular flexibility index (Phi) is 5.30. The van der Waals surface area contributed by atoms with Crippen LogP contribution < -0.4 is 5.32 Å². The van der Waals surface area contributed by atoms with Crippen molar-refractivity contribution < 1.29 is 0 Å². The molecule has 1 aromatic carbocycles. The Balaban J connectivity index is 3.01. The maximum absolute atomic E-state index is 3.62. The fourth-order valence-electron chi connectivity index (χ4n) is 1.74. The highest BCUT2D eigenvalue weighted by Crippen LogP contribution is 2.31. The average molecular weight is 335 g/mol. The monoisotopic (exact) mass is 333 g/mol. The lowest BCUT2D eigenvalue weighted by Crippen LogP contribution is -2.23. The molecule has 15 heavy (non-hydrogen) atoms. The van der Waals surface area contributed by atoms with Gasteiger partial charge in [-0.3, -0.25) is 0 Å². The van der Waals surface area contributed by atoms with Crippen LogP contribution in [0.25, 0.3) is 0 Å². The largest absolute Gasteiger partial charge is 0.313 e. The molecule has 0 amide bonds. The number of rotatable bonds is 4. The molecule has 0 heterocycles. The second kappa shape index (κ2) is 6.02. The van der Waals surface area contributed by atoms with Gasteiger partial charge in [0.15, 0.2) is 0 Å². The smallest absolute Gasteiger partial charge is 0.0354 e. The number of halogens is 2. The SMILES string of the molecule is CCC(C)C(NC)c1ccc(Br)cc1Br. The van der Waals surface area contributed by atoms with E-state index in [1.165, 1.54) is 12.0 Å². The average Bonchev–Trinajstić information content (AvgIpc) is 2.21. The summed E-state index contributed by atoms with van der Waals surface area (Å²) in [5.74, 6) is 0.632. The summed E-state index contributed by atoms with van der Waals surface area (Å²) >= 11 is 7.09. The van der Waals surface area contributed by atoms with Gasteiger partial charge in [-0.05, 0) is 30.7 Å². The molecule has 1 nitrogen and oxygen atoms in total. The molecule has 84 valence electrons. The topological polar surface area (TPSA) is 12.0 Å². The predicted molar refractivity (Wildman–Crippen MR) is 73.1 cm³/mol. The fourth-order valence-corrected chi connectivity index (χ4v) is 3.03. The highest BCUT2D eigenvalue weighted by molar-refractivity contribution is 9.11. The lowest BCUT2D eigenvalue weighted by molar-refractivity contribution is 0.399. The zero-order valence-electron chi connectivity index (χ0n) is 9.35.